The van der Waals surface area contributed by atoms with Gasteiger partial charge in [-0.05, 0) is 38.3 Å². The molecule has 1 fully saturated rings. The maximum absolute atomic E-state index is 12.3. The molecule has 18 heavy (non-hydrogen) atoms. The van der Waals surface area contributed by atoms with Crippen molar-refractivity contribution < 1.29 is 9.90 Å². The van der Waals surface area contributed by atoms with E-state index in [1.54, 1.807) is 23.2 Å². The molecule has 1 aromatic heterocycles. The molecule has 1 aromatic rings. The van der Waals surface area contributed by atoms with Gasteiger partial charge in [-0.3, -0.25) is 4.79 Å². The van der Waals surface area contributed by atoms with E-state index in [0.29, 0.717) is 19.5 Å². The third kappa shape index (κ3) is 2.75. The first-order valence-electron chi connectivity index (χ1n) is 6.54. The van der Waals surface area contributed by atoms with Crippen molar-refractivity contribution in [2.24, 2.45) is 0 Å². The van der Waals surface area contributed by atoms with Gasteiger partial charge in [0.1, 0.15) is 0 Å². The van der Waals surface area contributed by atoms with Crippen molar-refractivity contribution in [3.05, 3.63) is 21.4 Å². The minimum Gasteiger partial charge on any atom is -0.388 e. The number of amides is 1. The highest BCUT2D eigenvalue weighted by Crippen LogP contribution is 2.27. The molecule has 1 amide bonds. The van der Waals surface area contributed by atoms with E-state index in [1.165, 1.54) is 10.4 Å². The van der Waals surface area contributed by atoms with Crippen molar-refractivity contribution in [1.29, 1.82) is 0 Å². The Kier molecular flexibility index (Phi) is 3.78. The second-order valence-corrected chi connectivity index (χ2v) is 6.67. The molecule has 0 aromatic carbocycles. The molecule has 1 aliphatic heterocycles. The lowest BCUT2D eigenvalue weighted by molar-refractivity contribution is 0.0575. The second kappa shape index (κ2) is 5.02. The van der Waals surface area contributed by atoms with Crippen molar-refractivity contribution in [3.8, 4) is 0 Å². The van der Waals surface area contributed by atoms with Gasteiger partial charge >= 0.3 is 0 Å². The number of aliphatic hydroxyl groups is 1. The minimum absolute atomic E-state index is 0.0724. The highest BCUT2D eigenvalue weighted by molar-refractivity contribution is 7.14. The molecule has 1 aliphatic rings. The first-order chi connectivity index (χ1) is 8.43. The predicted molar refractivity (Wildman–Crippen MR) is 74.2 cm³/mol. The molecule has 1 N–H and O–H groups in total. The number of nitrogens with zero attached hydrogens (tertiary/aromatic N) is 1. The molecule has 0 spiro atoms. The Bertz CT molecular complexity index is 451. The van der Waals surface area contributed by atoms with Crippen LogP contribution >= 0.6 is 11.3 Å². The minimum atomic E-state index is -0.714. The topological polar surface area (TPSA) is 40.5 Å². The van der Waals surface area contributed by atoms with E-state index in [2.05, 4.69) is 13.8 Å². The van der Waals surface area contributed by atoms with E-state index in [9.17, 15) is 9.90 Å². The Hall–Kier alpha value is -0.870. The Morgan fingerprint density at radius 1 is 1.61 bits per heavy atom. The lowest BCUT2D eigenvalue weighted by Crippen LogP contribution is -2.33. The summed E-state index contributed by atoms with van der Waals surface area (Å²) in [5, 5.41) is 9.91. The number of β-amino-alcohol motifs (C(OH)–C–C–N with tert-alkyl or cyclic N) is 1. The standard InChI is InChI=1S/C14H21NO2S/c1-4-5-11-8-12(18-10(11)2)13(16)15-7-6-14(3,17)9-15/h8,17H,4-7,9H2,1-3H3. The molecule has 0 saturated carbocycles. The molecular weight excluding hydrogens is 246 g/mol. The zero-order valence-corrected chi connectivity index (χ0v) is 12.1. The highest BCUT2D eigenvalue weighted by Gasteiger charge is 2.34. The zero-order valence-electron chi connectivity index (χ0n) is 11.3. The van der Waals surface area contributed by atoms with Gasteiger partial charge in [0.2, 0.25) is 0 Å². The van der Waals surface area contributed by atoms with Crippen LogP contribution < -0.4 is 0 Å². The number of carbonyl (C=O) groups is 1. The summed E-state index contributed by atoms with van der Waals surface area (Å²) in [5.74, 6) is 0.0724. The monoisotopic (exact) mass is 267 g/mol. The Morgan fingerprint density at radius 2 is 2.33 bits per heavy atom. The molecule has 2 heterocycles. The Morgan fingerprint density at radius 3 is 2.89 bits per heavy atom. The van der Waals surface area contributed by atoms with Gasteiger partial charge in [-0.25, -0.2) is 0 Å². The van der Waals surface area contributed by atoms with Gasteiger partial charge in [0.25, 0.3) is 5.91 Å². The fraction of sp³-hybridized carbons (Fsp3) is 0.643. The lowest BCUT2D eigenvalue weighted by Gasteiger charge is -2.18. The fourth-order valence-electron chi connectivity index (χ4n) is 2.42. The smallest absolute Gasteiger partial charge is 0.264 e. The maximum Gasteiger partial charge on any atom is 0.264 e. The first-order valence-corrected chi connectivity index (χ1v) is 7.35. The molecule has 1 atom stereocenters. The Balaban J connectivity index is 2.12. The molecule has 0 aliphatic carbocycles. The normalized spacial score (nSPS) is 23.7. The molecular formula is C14H21NO2S. The molecule has 100 valence electrons. The quantitative estimate of drug-likeness (QED) is 0.914. The van der Waals surface area contributed by atoms with Crippen LogP contribution in [0.15, 0.2) is 6.07 Å². The van der Waals surface area contributed by atoms with Crippen LogP contribution in [-0.4, -0.2) is 34.6 Å². The van der Waals surface area contributed by atoms with Crippen molar-refractivity contribution in [2.75, 3.05) is 13.1 Å². The van der Waals surface area contributed by atoms with Crippen LogP contribution in [0.3, 0.4) is 0 Å². The second-order valence-electron chi connectivity index (χ2n) is 5.42. The fourth-order valence-corrected chi connectivity index (χ4v) is 3.46. The predicted octanol–water partition coefficient (Wildman–Crippen LogP) is 2.61. The van der Waals surface area contributed by atoms with Crippen LogP contribution in [0.1, 0.15) is 46.8 Å². The summed E-state index contributed by atoms with van der Waals surface area (Å²) in [7, 11) is 0. The number of hydrogen-bond donors (Lipinski definition) is 1. The molecule has 0 bridgehead atoms. The van der Waals surface area contributed by atoms with Gasteiger partial charge in [0.15, 0.2) is 0 Å². The van der Waals surface area contributed by atoms with Crippen LogP contribution in [-0.2, 0) is 6.42 Å². The average molecular weight is 267 g/mol. The van der Waals surface area contributed by atoms with Crippen molar-refractivity contribution in [3.63, 3.8) is 0 Å². The van der Waals surface area contributed by atoms with E-state index in [-0.39, 0.29) is 5.91 Å². The van der Waals surface area contributed by atoms with Crippen LogP contribution in [0.4, 0.5) is 0 Å². The summed E-state index contributed by atoms with van der Waals surface area (Å²) in [4.78, 5) is 16.2. The summed E-state index contributed by atoms with van der Waals surface area (Å²) in [6.45, 7) is 7.13. The average Bonchev–Trinajstić information content (AvgIpc) is 2.83. The number of thiophene rings is 1. The number of rotatable bonds is 3. The van der Waals surface area contributed by atoms with Crippen molar-refractivity contribution >= 4 is 17.2 Å². The third-order valence-corrected chi connectivity index (χ3v) is 4.57. The number of hydrogen-bond acceptors (Lipinski definition) is 3. The van der Waals surface area contributed by atoms with Crippen LogP contribution in [0, 0.1) is 6.92 Å². The lowest BCUT2D eigenvalue weighted by atomic mass is 10.1. The summed E-state index contributed by atoms with van der Waals surface area (Å²) in [5.41, 5.74) is 0.575. The van der Waals surface area contributed by atoms with E-state index >= 15 is 0 Å². The third-order valence-electron chi connectivity index (χ3n) is 3.49. The van der Waals surface area contributed by atoms with Gasteiger partial charge in [-0.1, -0.05) is 13.3 Å². The van der Waals surface area contributed by atoms with Crippen LogP contribution in [0.25, 0.3) is 0 Å². The number of likely N-dealkylation sites (tertiary alicyclic amines) is 1. The SMILES string of the molecule is CCCc1cc(C(=O)N2CCC(C)(O)C2)sc1C. The number of carbonyl (C=O) groups excluding carboxylic acids is 1. The molecule has 4 heteroatoms. The summed E-state index contributed by atoms with van der Waals surface area (Å²) in [6, 6.07) is 2.03. The summed E-state index contributed by atoms with van der Waals surface area (Å²) >= 11 is 1.58. The van der Waals surface area contributed by atoms with Gasteiger partial charge < -0.3 is 10.0 Å². The van der Waals surface area contributed by atoms with E-state index in [1.807, 2.05) is 6.07 Å². The van der Waals surface area contributed by atoms with Gasteiger partial charge in [-0.2, -0.15) is 0 Å². The van der Waals surface area contributed by atoms with E-state index < -0.39 is 5.60 Å². The molecule has 1 saturated heterocycles. The Labute approximate surface area is 112 Å². The number of aryl methyl sites for hydroxylation is 2. The van der Waals surface area contributed by atoms with Crippen LogP contribution in [0.2, 0.25) is 0 Å². The summed E-state index contributed by atoms with van der Waals surface area (Å²) < 4.78 is 0. The van der Waals surface area contributed by atoms with Crippen molar-refractivity contribution in [1.82, 2.24) is 4.90 Å². The van der Waals surface area contributed by atoms with Gasteiger partial charge in [0, 0.05) is 18.0 Å². The van der Waals surface area contributed by atoms with E-state index in [0.717, 1.165) is 17.7 Å². The molecule has 3 nitrogen and oxygen atoms in total. The van der Waals surface area contributed by atoms with Crippen molar-refractivity contribution in [2.45, 2.75) is 45.6 Å². The molecule has 2 rings (SSSR count). The molecule has 0 radical (unpaired) electrons. The van der Waals surface area contributed by atoms with E-state index in [4.69, 9.17) is 0 Å². The van der Waals surface area contributed by atoms with Crippen LogP contribution in [0.5, 0.6) is 0 Å². The highest BCUT2D eigenvalue weighted by atomic mass is 32.1. The largest absolute Gasteiger partial charge is 0.388 e. The first kappa shape index (κ1) is 13.6. The molecule has 1 unspecified atom stereocenters. The maximum atomic E-state index is 12.3. The van der Waals surface area contributed by atoms with Gasteiger partial charge in [0.05, 0.1) is 10.5 Å². The zero-order chi connectivity index (χ0) is 13.3. The summed E-state index contributed by atoms with van der Waals surface area (Å²) in [6.07, 6.45) is 2.81. The van der Waals surface area contributed by atoms with Gasteiger partial charge in [-0.15, -0.1) is 11.3 Å².